The zero-order chi connectivity index (χ0) is 9.84. The van der Waals surface area contributed by atoms with Crippen LogP contribution in [0.1, 0.15) is 39.5 Å². The summed E-state index contributed by atoms with van der Waals surface area (Å²) < 4.78 is 0. The average molecular weight is 181 g/mol. The number of amides is 1. The van der Waals surface area contributed by atoms with Crippen LogP contribution in [0.15, 0.2) is 12.2 Å². The summed E-state index contributed by atoms with van der Waals surface area (Å²) in [6.07, 6.45) is 4.88. The van der Waals surface area contributed by atoms with Crippen LogP contribution < -0.4 is 0 Å². The Morgan fingerprint density at radius 3 is 2.38 bits per heavy atom. The van der Waals surface area contributed by atoms with E-state index < -0.39 is 0 Å². The molecule has 0 spiro atoms. The molecule has 13 heavy (non-hydrogen) atoms. The number of hydrogen-bond acceptors (Lipinski definition) is 1. The van der Waals surface area contributed by atoms with Gasteiger partial charge in [-0.1, -0.05) is 19.4 Å². The quantitative estimate of drug-likeness (QED) is 0.612. The third kappa shape index (κ3) is 2.33. The van der Waals surface area contributed by atoms with Crippen LogP contribution in [0.3, 0.4) is 0 Å². The lowest BCUT2D eigenvalue weighted by atomic mass is 10.2. The maximum Gasteiger partial charge on any atom is 0.249 e. The van der Waals surface area contributed by atoms with Gasteiger partial charge >= 0.3 is 0 Å². The molecule has 1 aliphatic carbocycles. The van der Waals surface area contributed by atoms with E-state index in [1.807, 2.05) is 11.8 Å². The lowest BCUT2D eigenvalue weighted by molar-refractivity contribution is -0.129. The van der Waals surface area contributed by atoms with Gasteiger partial charge in [-0.05, 0) is 26.7 Å². The molecule has 0 aromatic rings. The first-order valence-electron chi connectivity index (χ1n) is 5.13. The third-order valence-electron chi connectivity index (χ3n) is 2.73. The Balaban J connectivity index is 2.60. The van der Waals surface area contributed by atoms with E-state index in [-0.39, 0.29) is 5.91 Å². The Hall–Kier alpha value is -0.790. The second-order valence-corrected chi connectivity index (χ2v) is 3.81. The fourth-order valence-electron chi connectivity index (χ4n) is 2.03. The van der Waals surface area contributed by atoms with Crippen molar-refractivity contribution in [2.45, 2.75) is 45.6 Å². The van der Waals surface area contributed by atoms with E-state index in [4.69, 9.17) is 0 Å². The molecule has 0 aromatic carbocycles. The van der Waals surface area contributed by atoms with E-state index in [9.17, 15) is 4.79 Å². The highest BCUT2D eigenvalue weighted by Crippen LogP contribution is 2.24. The first kappa shape index (κ1) is 10.3. The van der Waals surface area contributed by atoms with Crippen molar-refractivity contribution in [3.05, 3.63) is 12.2 Å². The number of carbonyl (C=O) groups excluding carboxylic acids is 1. The predicted octanol–water partition coefficient (Wildman–Crippen LogP) is 2.35. The van der Waals surface area contributed by atoms with Gasteiger partial charge in [0.1, 0.15) is 0 Å². The molecule has 74 valence electrons. The number of nitrogens with zero attached hydrogens (tertiary/aromatic N) is 1. The van der Waals surface area contributed by atoms with Crippen LogP contribution in [0, 0.1) is 0 Å². The van der Waals surface area contributed by atoms with Crippen molar-refractivity contribution >= 4 is 5.91 Å². The van der Waals surface area contributed by atoms with Crippen molar-refractivity contribution in [3.8, 4) is 0 Å². The largest absolute Gasteiger partial charge is 0.336 e. The number of rotatable bonds is 3. The SMILES string of the molecule is C=C(C)C(=O)N(CC)C1CCCC1. The van der Waals surface area contributed by atoms with E-state index in [1.54, 1.807) is 6.92 Å². The van der Waals surface area contributed by atoms with Crippen LogP contribution >= 0.6 is 0 Å². The molecule has 0 radical (unpaired) electrons. The molecule has 1 saturated carbocycles. The van der Waals surface area contributed by atoms with Crippen LogP contribution in [0.5, 0.6) is 0 Å². The molecule has 2 nitrogen and oxygen atoms in total. The molecule has 1 aliphatic rings. The molecule has 1 rings (SSSR count). The van der Waals surface area contributed by atoms with Crippen LogP contribution in [-0.4, -0.2) is 23.4 Å². The first-order valence-corrected chi connectivity index (χ1v) is 5.13. The summed E-state index contributed by atoms with van der Waals surface area (Å²) in [7, 11) is 0. The van der Waals surface area contributed by atoms with Crippen LogP contribution in [-0.2, 0) is 4.79 Å². The van der Waals surface area contributed by atoms with Crippen LogP contribution in [0.4, 0.5) is 0 Å². The number of likely N-dealkylation sites (N-methyl/N-ethyl adjacent to an activating group) is 1. The van der Waals surface area contributed by atoms with E-state index in [0.717, 1.165) is 6.54 Å². The smallest absolute Gasteiger partial charge is 0.249 e. The Morgan fingerprint density at radius 1 is 1.46 bits per heavy atom. The first-order chi connectivity index (χ1) is 6.16. The fraction of sp³-hybridized carbons (Fsp3) is 0.727. The van der Waals surface area contributed by atoms with Crippen molar-refractivity contribution in [1.82, 2.24) is 4.90 Å². The minimum Gasteiger partial charge on any atom is -0.336 e. The number of carbonyl (C=O) groups is 1. The van der Waals surface area contributed by atoms with E-state index in [2.05, 4.69) is 6.58 Å². The van der Waals surface area contributed by atoms with Gasteiger partial charge in [0, 0.05) is 18.2 Å². The molecule has 0 aliphatic heterocycles. The van der Waals surface area contributed by atoms with Gasteiger partial charge < -0.3 is 4.90 Å². The maximum atomic E-state index is 11.7. The Kier molecular flexibility index (Phi) is 3.52. The highest BCUT2D eigenvalue weighted by molar-refractivity contribution is 5.92. The van der Waals surface area contributed by atoms with Gasteiger partial charge in [0.15, 0.2) is 0 Å². The van der Waals surface area contributed by atoms with E-state index >= 15 is 0 Å². The minimum absolute atomic E-state index is 0.134. The van der Waals surface area contributed by atoms with Gasteiger partial charge in [-0.25, -0.2) is 0 Å². The van der Waals surface area contributed by atoms with E-state index in [1.165, 1.54) is 25.7 Å². The monoisotopic (exact) mass is 181 g/mol. The van der Waals surface area contributed by atoms with Gasteiger partial charge in [-0.3, -0.25) is 4.79 Å². The summed E-state index contributed by atoms with van der Waals surface area (Å²) >= 11 is 0. The normalized spacial score (nSPS) is 17.4. The zero-order valence-electron chi connectivity index (χ0n) is 8.68. The molecular weight excluding hydrogens is 162 g/mol. The summed E-state index contributed by atoms with van der Waals surface area (Å²) in [6, 6.07) is 0.481. The van der Waals surface area contributed by atoms with Crippen molar-refractivity contribution in [2.24, 2.45) is 0 Å². The van der Waals surface area contributed by atoms with Gasteiger partial charge in [0.25, 0.3) is 0 Å². The zero-order valence-corrected chi connectivity index (χ0v) is 8.68. The third-order valence-corrected chi connectivity index (χ3v) is 2.73. The summed E-state index contributed by atoms with van der Waals surface area (Å²) in [5.41, 5.74) is 0.661. The van der Waals surface area contributed by atoms with Crippen molar-refractivity contribution in [1.29, 1.82) is 0 Å². The summed E-state index contributed by atoms with van der Waals surface area (Å²) in [4.78, 5) is 13.7. The highest BCUT2D eigenvalue weighted by atomic mass is 16.2. The summed E-state index contributed by atoms with van der Waals surface area (Å²) in [5.74, 6) is 0.134. The molecule has 1 amide bonds. The van der Waals surface area contributed by atoms with Crippen LogP contribution in [0.25, 0.3) is 0 Å². The molecule has 0 unspecified atom stereocenters. The second-order valence-electron chi connectivity index (χ2n) is 3.81. The average Bonchev–Trinajstić information content (AvgIpc) is 2.58. The molecule has 0 bridgehead atoms. The second kappa shape index (κ2) is 4.45. The lowest BCUT2D eigenvalue weighted by Gasteiger charge is -2.27. The van der Waals surface area contributed by atoms with Crippen molar-refractivity contribution in [2.75, 3.05) is 6.54 Å². The minimum atomic E-state index is 0.134. The van der Waals surface area contributed by atoms with Gasteiger partial charge in [0.2, 0.25) is 5.91 Å². The predicted molar refractivity (Wildman–Crippen MR) is 54.5 cm³/mol. The number of hydrogen-bond donors (Lipinski definition) is 0. The topological polar surface area (TPSA) is 20.3 Å². The van der Waals surface area contributed by atoms with Gasteiger partial charge in [-0.15, -0.1) is 0 Å². The molecule has 0 aromatic heterocycles. The maximum absolute atomic E-state index is 11.7. The molecule has 0 saturated heterocycles. The Labute approximate surface area is 80.6 Å². The molecule has 0 heterocycles. The summed E-state index contributed by atoms with van der Waals surface area (Å²) in [6.45, 7) is 8.35. The lowest BCUT2D eigenvalue weighted by Crippen LogP contribution is -2.38. The molecular formula is C11H19NO. The fourth-order valence-corrected chi connectivity index (χ4v) is 2.03. The molecule has 0 N–H and O–H groups in total. The molecule has 0 atom stereocenters. The van der Waals surface area contributed by atoms with Gasteiger partial charge in [-0.2, -0.15) is 0 Å². The molecule has 2 heteroatoms. The van der Waals surface area contributed by atoms with Crippen molar-refractivity contribution in [3.63, 3.8) is 0 Å². The molecule has 1 fully saturated rings. The van der Waals surface area contributed by atoms with E-state index in [0.29, 0.717) is 11.6 Å². The Bertz CT molecular complexity index is 204. The Morgan fingerprint density at radius 2 is 2.00 bits per heavy atom. The van der Waals surface area contributed by atoms with Crippen LogP contribution in [0.2, 0.25) is 0 Å². The van der Waals surface area contributed by atoms with Gasteiger partial charge in [0.05, 0.1) is 0 Å². The van der Waals surface area contributed by atoms with Crippen molar-refractivity contribution < 1.29 is 4.79 Å². The highest BCUT2D eigenvalue weighted by Gasteiger charge is 2.25. The standard InChI is InChI=1S/C11H19NO/c1-4-12(11(13)9(2)3)10-7-5-6-8-10/h10H,2,4-8H2,1,3H3. The summed E-state index contributed by atoms with van der Waals surface area (Å²) in [5, 5.41) is 0.